The number of methoxy groups -OCH3 is 1. The van der Waals surface area contributed by atoms with Crippen LogP contribution >= 0.6 is 11.6 Å². The number of pyridine rings is 1. The number of likely N-dealkylation sites (tertiary alicyclic amines) is 1. The summed E-state index contributed by atoms with van der Waals surface area (Å²) >= 11 is 6.80. The average Bonchev–Trinajstić information content (AvgIpc) is 3.49. The molecule has 9 nitrogen and oxygen atoms in total. The molecule has 0 amide bonds. The number of halogens is 1. The van der Waals surface area contributed by atoms with Crippen molar-refractivity contribution >= 4 is 33.9 Å². The van der Waals surface area contributed by atoms with Crippen molar-refractivity contribution in [2.75, 3.05) is 37.4 Å². The van der Waals surface area contributed by atoms with E-state index in [1.54, 1.807) is 13.3 Å². The van der Waals surface area contributed by atoms with Crippen LogP contribution in [-0.2, 0) is 4.74 Å². The molecule has 10 heteroatoms. The Hall–Kier alpha value is -3.71. The van der Waals surface area contributed by atoms with Crippen LogP contribution in [0.3, 0.4) is 0 Å². The number of hydrogen-bond donors (Lipinski definition) is 2. The fraction of sp³-hybridized carbons (Fsp3) is 0.455. The number of aromatic nitrogens is 4. The van der Waals surface area contributed by atoms with E-state index < -0.39 is 5.60 Å². The second-order valence-corrected chi connectivity index (χ2v) is 13.2. The molecule has 2 N–H and O–H groups in total. The highest BCUT2D eigenvalue weighted by Gasteiger charge is 2.29. The first-order valence-corrected chi connectivity index (χ1v) is 15.2. The molecular weight excluding hydrogens is 560 g/mol. The van der Waals surface area contributed by atoms with Crippen molar-refractivity contribution in [3.63, 3.8) is 0 Å². The van der Waals surface area contributed by atoms with Gasteiger partial charge >= 0.3 is 0 Å². The molecule has 1 fully saturated rings. The van der Waals surface area contributed by atoms with Gasteiger partial charge in [0.15, 0.2) is 0 Å². The first-order chi connectivity index (χ1) is 20.5. The van der Waals surface area contributed by atoms with Crippen LogP contribution in [0.15, 0.2) is 54.9 Å². The molecule has 1 aliphatic rings. The summed E-state index contributed by atoms with van der Waals surface area (Å²) in [5.41, 5.74) is 4.12. The van der Waals surface area contributed by atoms with E-state index >= 15 is 0 Å². The molecule has 2 aromatic carbocycles. The molecule has 1 aliphatic heterocycles. The highest BCUT2D eigenvalue weighted by Crippen LogP contribution is 2.36. The summed E-state index contributed by atoms with van der Waals surface area (Å²) < 4.78 is 7.62. The lowest BCUT2D eigenvalue weighted by molar-refractivity contribution is 0.0344. The Morgan fingerprint density at radius 2 is 1.84 bits per heavy atom. The second kappa shape index (κ2) is 12.5. The van der Waals surface area contributed by atoms with Crippen molar-refractivity contribution in [3.8, 4) is 6.07 Å². The standard InChI is InChI=1S/C33H41ClN8O/c1-32(2,3)41-14-12-25(13-15-41)42-20-28(39-40-42)30(22-10-8-7-9-11-22)38-24-16-26-29(37-21-33(4,5)43-6)23(18-35)19-36-31(26)27(34)17-24/h7-11,16-17,19-20,25,30,38H,12-15,21H2,1-6H3,(H,36,37). The smallest absolute Gasteiger partial charge is 0.109 e. The number of nitriles is 1. The van der Waals surface area contributed by atoms with Crippen LogP contribution in [0.25, 0.3) is 10.9 Å². The second-order valence-electron chi connectivity index (χ2n) is 12.8. The summed E-state index contributed by atoms with van der Waals surface area (Å²) in [4.78, 5) is 7.04. The minimum absolute atomic E-state index is 0.168. The Morgan fingerprint density at radius 3 is 2.49 bits per heavy atom. The number of hydrogen-bond acceptors (Lipinski definition) is 8. The SMILES string of the molecule is COC(C)(C)CNc1c(C#N)cnc2c(Cl)cc(NC(c3ccccc3)c3cn(C4CCN(C(C)(C)C)CC4)nn3)cc12. The Balaban J connectivity index is 1.48. The van der Waals surface area contributed by atoms with E-state index in [-0.39, 0.29) is 11.6 Å². The molecule has 2 aromatic heterocycles. The van der Waals surface area contributed by atoms with Gasteiger partial charge in [0.25, 0.3) is 0 Å². The minimum Gasteiger partial charge on any atom is -0.380 e. The van der Waals surface area contributed by atoms with E-state index in [1.807, 2.05) is 48.9 Å². The van der Waals surface area contributed by atoms with Crippen LogP contribution in [0.4, 0.5) is 11.4 Å². The lowest BCUT2D eigenvalue weighted by Crippen LogP contribution is -2.46. The quantitative estimate of drug-likeness (QED) is 0.215. The molecule has 4 aromatic rings. The zero-order chi connectivity index (χ0) is 30.8. The summed E-state index contributed by atoms with van der Waals surface area (Å²) in [6.45, 7) is 13.4. The van der Waals surface area contributed by atoms with Crippen LogP contribution < -0.4 is 10.6 Å². The monoisotopic (exact) mass is 600 g/mol. The normalized spacial score (nSPS) is 15.8. The molecule has 1 atom stereocenters. The summed E-state index contributed by atoms with van der Waals surface area (Å²) in [5, 5.41) is 27.4. The van der Waals surface area contributed by atoms with Crippen molar-refractivity contribution in [2.24, 2.45) is 0 Å². The summed E-state index contributed by atoms with van der Waals surface area (Å²) in [6, 6.07) is 16.4. The van der Waals surface area contributed by atoms with Crippen LogP contribution in [-0.4, -0.2) is 62.8 Å². The van der Waals surface area contributed by atoms with Gasteiger partial charge in [-0.25, -0.2) is 4.68 Å². The Labute approximate surface area is 259 Å². The number of piperidine rings is 1. The van der Waals surface area contributed by atoms with Gasteiger partial charge in [-0.3, -0.25) is 9.88 Å². The molecule has 0 bridgehead atoms. The number of rotatable bonds is 9. The largest absolute Gasteiger partial charge is 0.380 e. The molecule has 226 valence electrons. The zero-order valence-corrected chi connectivity index (χ0v) is 26.6. The van der Waals surface area contributed by atoms with Crippen molar-refractivity contribution in [1.29, 1.82) is 5.26 Å². The van der Waals surface area contributed by atoms with Crippen molar-refractivity contribution in [3.05, 3.63) is 76.7 Å². The number of nitrogens with zero attached hydrogens (tertiary/aromatic N) is 6. The lowest BCUT2D eigenvalue weighted by Gasteiger charge is -2.40. The predicted octanol–water partition coefficient (Wildman–Crippen LogP) is 6.83. The van der Waals surface area contributed by atoms with Crippen LogP contribution in [0, 0.1) is 11.3 Å². The molecule has 1 unspecified atom stereocenters. The van der Waals surface area contributed by atoms with Gasteiger partial charge in [-0.15, -0.1) is 5.10 Å². The zero-order valence-electron chi connectivity index (χ0n) is 25.9. The van der Waals surface area contributed by atoms with E-state index in [0.717, 1.165) is 48.3 Å². The Bertz CT molecular complexity index is 1600. The van der Waals surface area contributed by atoms with Gasteiger partial charge in [0, 0.05) is 49.6 Å². The number of nitrogens with one attached hydrogen (secondary N) is 2. The highest BCUT2D eigenvalue weighted by atomic mass is 35.5. The van der Waals surface area contributed by atoms with Crippen LogP contribution in [0.1, 0.15) is 76.4 Å². The molecule has 0 spiro atoms. The van der Waals surface area contributed by atoms with Crippen LogP contribution in [0.2, 0.25) is 5.02 Å². The number of fused-ring (bicyclic) bond motifs is 1. The number of benzene rings is 2. The predicted molar refractivity (Wildman–Crippen MR) is 173 cm³/mol. The topological polar surface area (TPSA) is 104 Å². The molecular formula is C33H41ClN8O. The first-order valence-electron chi connectivity index (χ1n) is 14.8. The minimum atomic E-state index is -0.435. The van der Waals surface area contributed by atoms with Gasteiger partial charge in [0.05, 0.1) is 45.7 Å². The Morgan fingerprint density at radius 1 is 1.12 bits per heavy atom. The van der Waals surface area contributed by atoms with Crippen LogP contribution in [0.5, 0.6) is 0 Å². The molecule has 0 aliphatic carbocycles. The number of ether oxygens (including phenoxy) is 1. The van der Waals surface area contributed by atoms with Gasteiger partial charge in [-0.1, -0.05) is 47.1 Å². The third kappa shape index (κ3) is 6.93. The van der Waals surface area contributed by atoms with E-state index in [9.17, 15) is 5.26 Å². The fourth-order valence-corrected chi connectivity index (χ4v) is 5.80. The van der Waals surface area contributed by atoms with Crippen molar-refractivity contribution in [1.82, 2.24) is 24.9 Å². The van der Waals surface area contributed by atoms with Gasteiger partial charge in [0.2, 0.25) is 0 Å². The molecule has 5 rings (SSSR count). The first kappa shape index (κ1) is 30.7. The average molecular weight is 601 g/mol. The van der Waals surface area contributed by atoms with E-state index in [2.05, 4.69) is 76.0 Å². The third-order valence-electron chi connectivity index (χ3n) is 8.34. The summed E-state index contributed by atoms with van der Waals surface area (Å²) in [6.07, 6.45) is 5.70. The van der Waals surface area contributed by atoms with E-state index in [1.165, 1.54) is 0 Å². The maximum atomic E-state index is 9.88. The van der Waals surface area contributed by atoms with Crippen molar-refractivity contribution < 1.29 is 4.74 Å². The number of anilines is 2. The molecule has 1 saturated heterocycles. The van der Waals surface area contributed by atoms with Gasteiger partial charge in [-0.2, -0.15) is 5.26 Å². The fourth-order valence-electron chi connectivity index (χ4n) is 5.53. The maximum absolute atomic E-state index is 9.88. The highest BCUT2D eigenvalue weighted by molar-refractivity contribution is 6.35. The summed E-state index contributed by atoms with van der Waals surface area (Å²) in [5.74, 6) is 0. The third-order valence-corrected chi connectivity index (χ3v) is 8.63. The molecule has 0 radical (unpaired) electrons. The molecule has 43 heavy (non-hydrogen) atoms. The van der Waals surface area contributed by atoms with Gasteiger partial charge in [-0.05, 0) is 65.2 Å². The molecule has 3 heterocycles. The Kier molecular flexibility index (Phi) is 8.93. The van der Waals surface area contributed by atoms with Crippen molar-refractivity contribution in [2.45, 2.75) is 70.7 Å². The van der Waals surface area contributed by atoms with Gasteiger partial charge < -0.3 is 15.4 Å². The maximum Gasteiger partial charge on any atom is 0.109 e. The summed E-state index contributed by atoms with van der Waals surface area (Å²) in [7, 11) is 1.67. The van der Waals surface area contributed by atoms with Gasteiger partial charge in [0.1, 0.15) is 11.8 Å². The van der Waals surface area contributed by atoms with E-state index in [0.29, 0.717) is 34.4 Å². The lowest BCUT2D eigenvalue weighted by atomic mass is 9.98. The van der Waals surface area contributed by atoms with E-state index in [4.69, 9.17) is 16.3 Å². The molecule has 0 saturated carbocycles.